The van der Waals surface area contributed by atoms with Crippen molar-refractivity contribution in [2.24, 2.45) is 0 Å². The second kappa shape index (κ2) is 6.43. The maximum Gasteiger partial charge on any atom is 0.137 e. The number of anilines is 1. The quantitative estimate of drug-likeness (QED) is 0.660. The third-order valence-corrected chi connectivity index (χ3v) is 2.69. The predicted octanol–water partition coefficient (Wildman–Crippen LogP) is 0.167. The third-order valence-electron chi connectivity index (χ3n) is 2.69. The molecule has 0 atom stereocenters. The van der Waals surface area contributed by atoms with Crippen LogP contribution < -0.4 is 4.90 Å². The van der Waals surface area contributed by atoms with Crippen LogP contribution in [-0.4, -0.2) is 35.0 Å². The zero-order valence-electron chi connectivity index (χ0n) is 10.7. The second-order valence-corrected chi connectivity index (χ2v) is 4.03. The van der Waals surface area contributed by atoms with Gasteiger partial charge in [0.25, 0.3) is 0 Å². The van der Waals surface area contributed by atoms with Gasteiger partial charge in [0, 0.05) is 5.69 Å². The Kier molecular flexibility index (Phi) is 4.40. The van der Waals surface area contributed by atoms with E-state index in [4.69, 9.17) is 0 Å². The normalized spacial score (nSPS) is 10.0. The molecule has 1 aromatic carbocycles. The van der Waals surface area contributed by atoms with Gasteiger partial charge < -0.3 is 10.4 Å². The fraction of sp³-hybridized carbons (Fsp3) is 0.167. The lowest BCUT2D eigenvalue weighted by Crippen LogP contribution is -2.29. The molecule has 2 N–H and O–H groups in total. The first kappa shape index (κ1) is 13.7. The zero-order chi connectivity index (χ0) is 12.9. The SMILES string of the molecule is O.c1ccc(N(Cn2cncn2)Cn2cncn2)cc1. The van der Waals surface area contributed by atoms with Crippen molar-refractivity contribution >= 4 is 5.69 Å². The Labute approximate surface area is 115 Å². The monoisotopic (exact) mass is 273 g/mol. The van der Waals surface area contributed by atoms with Gasteiger partial charge in [-0.05, 0) is 12.1 Å². The van der Waals surface area contributed by atoms with Crippen molar-refractivity contribution < 1.29 is 5.48 Å². The van der Waals surface area contributed by atoms with E-state index in [2.05, 4.69) is 25.1 Å². The van der Waals surface area contributed by atoms with Crippen LogP contribution in [-0.2, 0) is 13.3 Å². The van der Waals surface area contributed by atoms with Gasteiger partial charge in [-0.2, -0.15) is 10.2 Å². The van der Waals surface area contributed by atoms with E-state index in [9.17, 15) is 0 Å². The van der Waals surface area contributed by atoms with Crippen LogP contribution in [0.25, 0.3) is 0 Å². The van der Waals surface area contributed by atoms with E-state index in [-0.39, 0.29) is 5.48 Å². The fourth-order valence-electron chi connectivity index (χ4n) is 1.81. The number of benzene rings is 1. The molecule has 0 amide bonds. The van der Waals surface area contributed by atoms with E-state index in [1.807, 2.05) is 30.3 Å². The minimum Gasteiger partial charge on any atom is -0.412 e. The molecule has 0 saturated heterocycles. The largest absolute Gasteiger partial charge is 0.412 e. The highest BCUT2D eigenvalue weighted by atomic mass is 16.0. The summed E-state index contributed by atoms with van der Waals surface area (Å²) in [6, 6.07) is 10.1. The summed E-state index contributed by atoms with van der Waals surface area (Å²) < 4.78 is 3.54. The summed E-state index contributed by atoms with van der Waals surface area (Å²) in [6.07, 6.45) is 6.44. The van der Waals surface area contributed by atoms with Crippen molar-refractivity contribution in [2.75, 3.05) is 4.90 Å². The van der Waals surface area contributed by atoms with Crippen LogP contribution in [0.5, 0.6) is 0 Å². The zero-order valence-corrected chi connectivity index (χ0v) is 10.7. The Bertz CT molecular complexity index is 558. The van der Waals surface area contributed by atoms with Gasteiger partial charge in [-0.15, -0.1) is 0 Å². The molecule has 2 heterocycles. The molecule has 8 heteroatoms. The summed E-state index contributed by atoms with van der Waals surface area (Å²) in [5.41, 5.74) is 1.09. The summed E-state index contributed by atoms with van der Waals surface area (Å²) in [5.74, 6) is 0. The van der Waals surface area contributed by atoms with E-state index in [0.717, 1.165) is 5.69 Å². The Morgan fingerprint density at radius 1 is 0.850 bits per heavy atom. The molecule has 0 aliphatic heterocycles. The first-order valence-corrected chi connectivity index (χ1v) is 5.86. The Balaban J connectivity index is 0.00000147. The lowest BCUT2D eigenvalue weighted by Gasteiger charge is -2.24. The highest BCUT2D eigenvalue weighted by molar-refractivity contribution is 5.44. The summed E-state index contributed by atoms with van der Waals surface area (Å²) in [4.78, 5) is 10.0. The highest BCUT2D eigenvalue weighted by Gasteiger charge is 2.08. The van der Waals surface area contributed by atoms with Crippen molar-refractivity contribution in [3.8, 4) is 0 Å². The molecule has 3 rings (SSSR count). The molecule has 104 valence electrons. The lowest BCUT2D eigenvalue weighted by molar-refractivity contribution is 0.497. The van der Waals surface area contributed by atoms with Crippen LogP contribution in [0, 0.1) is 0 Å². The number of nitrogens with zero attached hydrogens (tertiary/aromatic N) is 7. The van der Waals surface area contributed by atoms with Crippen LogP contribution in [0.4, 0.5) is 5.69 Å². The van der Waals surface area contributed by atoms with Gasteiger partial charge in [0.05, 0.1) is 0 Å². The van der Waals surface area contributed by atoms with Crippen LogP contribution in [0.3, 0.4) is 0 Å². The minimum absolute atomic E-state index is 0. The summed E-state index contributed by atoms with van der Waals surface area (Å²) in [6.45, 7) is 1.20. The van der Waals surface area contributed by atoms with Gasteiger partial charge in [-0.3, -0.25) is 0 Å². The topological polar surface area (TPSA) is 96.2 Å². The van der Waals surface area contributed by atoms with E-state index in [0.29, 0.717) is 13.3 Å². The second-order valence-electron chi connectivity index (χ2n) is 4.03. The molecule has 20 heavy (non-hydrogen) atoms. The highest BCUT2D eigenvalue weighted by Crippen LogP contribution is 2.14. The molecule has 0 saturated carbocycles. The molecule has 8 nitrogen and oxygen atoms in total. The van der Waals surface area contributed by atoms with Crippen LogP contribution in [0.1, 0.15) is 0 Å². The summed E-state index contributed by atoms with van der Waals surface area (Å²) >= 11 is 0. The van der Waals surface area contributed by atoms with E-state index < -0.39 is 0 Å². The van der Waals surface area contributed by atoms with Crippen molar-refractivity contribution in [3.63, 3.8) is 0 Å². The smallest absolute Gasteiger partial charge is 0.137 e. The third kappa shape index (κ3) is 3.18. The maximum atomic E-state index is 4.13. The van der Waals surface area contributed by atoms with Crippen LogP contribution in [0.2, 0.25) is 0 Å². The van der Waals surface area contributed by atoms with Crippen molar-refractivity contribution in [3.05, 3.63) is 55.6 Å². The molecular formula is C12H15N7O. The average Bonchev–Trinajstić information content (AvgIpc) is 3.12. The molecular weight excluding hydrogens is 258 g/mol. The summed E-state index contributed by atoms with van der Waals surface area (Å²) in [5, 5.41) is 8.26. The minimum atomic E-state index is 0. The van der Waals surface area contributed by atoms with Gasteiger partial charge in [-0.1, -0.05) is 18.2 Å². The van der Waals surface area contributed by atoms with Gasteiger partial charge in [0.2, 0.25) is 0 Å². The molecule has 2 aromatic heterocycles. The number of rotatable bonds is 5. The maximum absolute atomic E-state index is 4.13. The van der Waals surface area contributed by atoms with Gasteiger partial charge >= 0.3 is 0 Å². The van der Waals surface area contributed by atoms with Gasteiger partial charge in [-0.25, -0.2) is 19.3 Å². The van der Waals surface area contributed by atoms with Crippen molar-refractivity contribution in [1.29, 1.82) is 0 Å². The first-order valence-electron chi connectivity index (χ1n) is 5.86. The van der Waals surface area contributed by atoms with Crippen molar-refractivity contribution in [1.82, 2.24) is 29.5 Å². The first-order chi connectivity index (χ1) is 9.42. The molecule has 0 bridgehead atoms. The van der Waals surface area contributed by atoms with Crippen LogP contribution in [0.15, 0.2) is 55.6 Å². The number of hydrogen-bond acceptors (Lipinski definition) is 5. The summed E-state index contributed by atoms with van der Waals surface area (Å²) in [7, 11) is 0. The molecule has 0 aliphatic rings. The Morgan fingerprint density at radius 2 is 1.40 bits per heavy atom. The number of aromatic nitrogens is 6. The molecule has 0 spiro atoms. The molecule has 3 aromatic rings. The van der Waals surface area contributed by atoms with Gasteiger partial charge in [0.15, 0.2) is 0 Å². The number of para-hydroxylation sites is 1. The van der Waals surface area contributed by atoms with Crippen molar-refractivity contribution in [2.45, 2.75) is 13.3 Å². The molecule has 0 aliphatic carbocycles. The Hall–Kier alpha value is -2.74. The molecule has 0 fully saturated rings. The lowest BCUT2D eigenvalue weighted by atomic mass is 10.3. The Morgan fingerprint density at radius 3 is 1.85 bits per heavy atom. The standard InChI is InChI=1S/C12H13N7.H2O/c1-2-4-12(5-3-1)17(10-18-8-13-6-15-18)11-19-9-14-7-16-19;/h1-9H,10-11H2;1H2. The molecule has 0 radical (unpaired) electrons. The van der Waals surface area contributed by atoms with E-state index >= 15 is 0 Å². The van der Waals surface area contributed by atoms with E-state index in [1.54, 1.807) is 22.0 Å². The van der Waals surface area contributed by atoms with E-state index in [1.165, 1.54) is 12.7 Å². The predicted molar refractivity (Wildman–Crippen MR) is 72.6 cm³/mol. The number of hydrogen-bond donors (Lipinski definition) is 0. The fourth-order valence-corrected chi connectivity index (χ4v) is 1.81. The van der Waals surface area contributed by atoms with Crippen LogP contribution >= 0.6 is 0 Å². The van der Waals surface area contributed by atoms with Gasteiger partial charge in [0.1, 0.15) is 38.6 Å². The average molecular weight is 273 g/mol. The molecule has 0 unspecified atom stereocenters.